The molecule has 0 rings (SSSR count). The summed E-state index contributed by atoms with van der Waals surface area (Å²) in [5.41, 5.74) is 6.58. The van der Waals surface area contributed by atoms with Gasteiger partial charge < -0.3 is 0 Å². The van der Waals surface area contributed by atoms with Crippen molar-refractivity contribution in [3.05, 3.63) is 0 Å². The highest BCUT2D eigenvalue weighted by molar-refractivity contribution is 4.54. The van der Waals surface area contributed by atoms with Crippen molar-refractivity contribution in [3.63, 3.8) is 0 Å². The van der Waals surface area contributed by atoms with Gasteiger partial charge in [-0.05, 0) is 12.8 Å². The molecule has 2 nitrogen and oxygen atoms in total. The van der Waals surface area contributed by atoms with Crippen LogP contribution in [0.25, 0.3) is 0 Å². The van der Waals surface area contributed by atoms with Crippen LogP contribution in [0.1, 0.15) is 26.7 Å². The molecule has 0 amide bonds. The Morgan fingerprint density at radius 1 is 1.43 bits per heavy atom. The Bertz CT molecular complexity index is 48.0. The van der Waals surface area contributed by atoms with E-state index < -0.39 is 0 Å². The number of hydrogen-bond acceptors (Lipinski definition) is 2. The lowest BCUT2D eigenvalue weighted by atomic mass is 10.2. The van der Waals surface area contributed by atoms with Crippen LogP contribution in [-0.4, -0.2) is 6.04 Å². The van der Waals surface area contributed by atoms with Crippen LogP contribution in [-0.2, 0) is 0 Å². The molecule has 0 aromatic heterocycles. The first kappa shape index (κ1) is 6.60. The predicted octanol–water partition coefficient (Wildman–Crippen LogP) is 2.21. The molecule has 0 spiro atoms. The Kier molecular flexibility index (Phi) is 3.56. The van der Waals surface area contributed by atoms with Gasteiger partial charge >= 0.3 is 0 Å². The van der Waals surface area contributed by atoms with E-state index in [2.05, 4.69) is 5.11 Å². The van der Waals surface area contributed by atoms with E-state index >= 15 is 0 Å². The fourth-order valence-electron chi connectivity index (χ4n) is 0.471. The van der Waals surface area contributed by atoms with Crippen molar-refractivity contribution < 1.29 is 0 Å². The van der Waals surface area contributed by atoms with E-state index in [9.17, 15) is 0 Å². The normalized spacial score (nSPS) is 9.57. The summed E-state index contributed by atoms with van der Waals surface area (Å²) in [7, 11) is 0. The summed E-state index contributed by atoms with van der Waals surface area (Å²) < 4.78 is 0. The van der Waals surface area contributed by atoms with Crippen LogP contribution in [0.4, 0.5) is 0 Å². The van der Waals surface area contributed by atoms with E-state index in [1.54, 1.807) is 0 Å². The molecule has 0 saturated heterocycles. The number of rotatable bonds is 3. The second kappa shape index (κ2) is 3.78. The molecule has 0 atom stereocenters. The average Bonchev–Trinajstić information content (AvgIpc) is 1.72. The van der Waals surface area contributed by atoms with E-state index in [4.69, 9.17) is 5.53 Å². The lowest BCUT2D eigenvalue weighted by Crippen LogP contribution is -1.96. The van der Waals surface area contributed by atoms with Crippen LogP contribution in [0.15, 0.2) is 5.11 Å². The van der Waals surface area contributed by atoms with Gasteiger partial charge in [-0.2, -0.15) is 5.11 Å². The Hall–Kier alpha value is -0.400. The molecule has 0 aliphatic rings. The zero-order chi connectivity index (χ0) is 5.70. The van der Waals surface area contributed by atoms with Crippen LogP contribution in [0.3, 0.4) is 0 Å². The highest BCUT2D eigenvalue weighted by atomic mass is 15.0. The monoisotopic (exact) mass is 100 g/mol. The number of nitrogens with zero attached hydrogens (tertiary/aromatic N) is 1. The summed E-state index contributed by atoms with van der Waals surface area (Å²) in [5.74, 6) is 0. The van der Waals surface area contributed by atoms with Crippen molar-refractivity contribution in [2.75, 3.05) is 0 Å². The van der Waals surface area contributed by atoms with E-state index in [1.807, 2.05) is 13.8 Å². The van der Waals surface area contributed by atoms with Crippen LogP contribution in [0.2, 0.25) is 0 Å². The Morgan fingerprint density at radius 2 is 1.86 bits per heavy atom. The van der Waals surface area contributed by atoms with E-state index in [0.717, 1.165) is 12.8 Å². The predicted molar refractivity (Wildman–Crippen MR) is 29.5 cm³/mol. The van der Waals surface area contributed by atoms with Gasteiger partial charge in [-0.1, -0.05) is 13.8 Å². The van der Waals surface area contributed by atoms with E-state index in [0.29, 0.717) is 0 Å². The van der Waals surface area contributed by atoms with Crippen molar-refractivity contribution in [2.24, 2.45) is 5.11 Å². The molecule has 0 aromatic carbocycles. The molecule has 0 radical (unpaired) electrons. The van der Waals surface area contributed by atoms with E-state index in [1.165, 1.54) is 0 Å². The molecule has 42 valence electrons. The fraction of sp³-hybridized carbons (Fsp3) is 1.00. The second-order valence-corrected chi connectivity index (χ2v) is 1.60. The maximum atomic E-state index is 6.58. The largest absolute Gasteiger partial charge is 0.210 e. The van der Waals surface area contributed by atoms with E-state index in [-0.39, 0.29) is 6.04 Å². The molecule has 0 unspecified atom stereocenters. The smallest absolute Gasteiger partial charge is 0.0700 e. The maximum Gasteiger partial charge on any atom is 0.0700 e. The molecule has 2 heteroatoms. The number of hydrogen-bond donors (Lipinski definition) is 1. The zero-order valence-corrected chi connectivity index (χ0v) is 4.94. The molecule has 0 bridgehead atoms. The minimum Gasteiger partial charge on any atom is -0.210 e. The first-order valence-electron chi connectivity index (χ1n) is 2.71. The summed E-state index contributed by atoms with van der Waals surface area (Å²) in [5, 5.41) is 3.38. The molecule has 0 fully saturated rings. The highest BCUT2D eigenvalue weighted by Crippen LogP contribution is 1.99. The van der Waals surface area contributed by atoms with Gasteiger partial charge in [0.05, 0.1) is 6.04 Å². The van der Waals surface area contributed by atoms with Gasteiger partial charge in [-0.25, -0.2) is 5.53 Å². The van der Waals surface area contributed by atoms with Gasteiger partial charge in [0.1, 0.15) is 0 Å². The fourth-order valence-corrected chi connectivity index (χ4v) is 0.471. The Labute approximate surface area is 44.4 Å². The molecule has 0 saturated carbocycles. The Balaban J connectivity index is 3.16. The molecule has 7 heavy (non-hydrogen) atoms. The minimum absolute atomic E-state index is 0.278. The third-order valence-corrected chi connectivity index (χ3v) is 1.13. The van der Waals surface area contributed by atoms with Gasteiger partial charge in [0.25, 0.3) is 0 Å². The van der Waals surface area contributed by atoms with Crippen molar-refractivity contribution >= 4 is 0 Å². The average molecular weight is 100 g/mol. The standard InChI is InChI=1S/C5H12N2/c1-3-5(4-2)7-6/h5-6H,3-4H2,1-2H3. The maximum absolute atomic E-state index is 6.58. The molecular formula is C5H12N2. The summed E-state index contributed by atoms with van der Waals surface area (Å²) in [6.07, 6.45) is 2.00. The van der Waals surface area contributed by atoms with Crippen LogP contribution < -0.4 is 0 Å². The molecular weight excluding hydrogens is 88.1 g/mol. The first-order chi connectivity index (χ1) is 3.35. The minimum atomic E-state index is 0.278. The lowest BCUT2D eigenvalue weighted by molar-refractivity contribution is 0.589. The summed E-state index contributed by atoms with van der Waals surface area (Å²) in [6, 6.07) is 0.278. The van der Waals surface area contributed by atoms with Crippen LogP contribution in [0.5, 0.6) is 0 Å². The van der Waals surface area contributed by atoms with Gasteiger partial charge in [-0.3, -0.25) is 0 Å². The molecule has 1 N–H and O–H groups in total. The van der Waals surface area contributed by atoms with Crippen LogP contribution in [0, 0.1) is 5.53 Å². The van der Waals surface area contributed by atoms with Gasteiger partial charge in [-0.15, -0.1) is 0 Å². The molecule has 0 aliphatic heterocycles. The summed E-state index contributed by atoms with van der Waals surface area (Å²) in [6.45, 7) is 4.10. The lowest BCUT2D eigenvalue weighted by Gasteiger charge is -1.99. The topological polar surface area (TPSA) is 36.2 Å². The highest BCUT2D eigenvalue weighted by Gasteiger charge is 1.95. The van der Waals surface area contributed by atoms with Crippen molar-refractivity contribution in [2.45, 2.75) is 32.7 Å². The first-order valence-corrected chi connectivity index (χ1v) is 2.71. The Morgan fingerprint density at radius 3 is 1.86 bits per heavy atom. The zero-order valence-electron chi connectivity index (χ0n) is 4.94. The van der Waals surface area contributed by atoms with Crippen molar-refractivity contribution in [1.82, 2.24) is 0 Å². The summed E-state index contributed by atoms with van der Waals surface area (Å²) >= 11 is 0. The third kappa shape index (κ3) is 2.31. The van der Waals surface area contributed by atoms with Gasteiger partial charge in [0.2, 0.25) is 0 Å². The molecule has 0 aliphatic carbocycles. The molecule has 0 aromatic rings. The van der Waals surface area contributed by atoms with Gasteiger partial charge in [0.15, 0.2) is 0 Å². The number of nitrogens with one attached hydrogen (secondary N) is 1. The quantitative estimate of drug-likeness (QED) is 0.528. The van der Waals surface area contributed by atoms with Crippen molar-refractivity contribution in [1.29, 1.82) is 5.53 Å². The van der Waals surface area contributed by atoms with Gasteiger partial charge in [0, 0.05) is 0 Å². The SMILES string of the molecule is CCC(CC)N=N. The second-order valence-electron chi connectivity index (χ2n) is 1.60. The van der Waals surface area contributed by atoms with Crippen LogP contribution >= 0.6 is 0 Å². The molecule has 0 heterocycles. The summed E-state index contributed by atoms with van der Waals surface area (Å²) in [4.78, 5) is 0. The third-order valence-electron chi connectivity index (χ3n) is 1.13. The van der Waals surface area contributed by atoms with Crippen molar-refractivity contribution in [3.8, 4) is 0 Å².